The summed E-state index contributed by atoms with van der Waals surface area (Å²) in [5.41, 5.74) is 9.10. The average Bonchev–Trinajstić information content (AvgIpc) is 2.86. The zero-order valence-electron chi connectivity index (χ0n) is 13.3. The monoisotopic (exact) mass is 274 g/mol. The van der Waals surface area contributed by atoms with Crippen LogP contribution in [0.4, 0.5) is 0 Å². The first-order valence-electron chi connectivity index (χ1n) is 8.18. The highest BCUT2D eigenvalue weighted by Crippen LogP contribution is 2.23. The summed E-state index contributed by atoms with van der Waals surface area (Å²) in [4.78, 5) is 2.58. The van der Waals surface area contributed by atoms with Crippen LogP contribution in [0.2, 0.25) is 0 Å². The summed E-state index contributed by atoms with van der Waals surface area (Å²) in [6.45, 7) is 9.03. The molecule has 0 spiro atoms. The number of rotatable bonds is 6. The maximum Gasteiger partial charge on any atom is 0.0424 e. The average molecular weight is 274 g/mol. The first kappa shape index (κ1) is 15.5. The van der Waals surface area contributed by atoms with E-state index in [9.17, 15) is 0 Å². The summed E-state index contributed by atoms with van der Waals surface area (Å²) < 4.78 is 0. The number of nitrogens with two attached hydrogens (primary N) is 1. The lowest BCUT2D eigenvalue weighted by atomic mass is 9.99. The number of benzene rings is 1. The summed E-state index contributed by atoms with van der Waals surface area (Å²) in [5.74, 6) is 0.712. The van der Waals surface area contributed by atoms with Gasteiger partial charge in [0.25, 0.3) is 0 Å². The molecule has 2 heteroatoms. The molecule has 2 N–H and O–H groups in total. The fourth-order valence-electron chi connectivity index (χ4n) is 3.33. The quantitative estimate of drug-likeness (QED) is 0.856. The molecule has 2 unspecified atom stereocenters. The van der Waals surface area contributed by atoms with Crippen LogP contribution in [-0.2, 0) is 6.42 Å². The molecule has 1 fully saturated rings. The maximum absolute atomic E-state index is 6.40. The third-order valence-electron chi connectivity index (χ3n) is 4.45. The van der Waals surface area contributed by atoms with Gasteiger partial charge in [-0.05, 0) is 49.3 Å². The van der Waals surface area contributed by atoms with Gasteiger partial charge in [-0.25, -0.2) is 0 Å². The third-order valence-corrected chi connectivity index (χ3v) is 4.45. The fourth-order valence-corrected chi connectivity index (χ4v) is 3.33. The lowest BCUT2D eigenvalue weighted by Gasteiger charge is -2.26. The van der Waals surface area contributed by atoms with Gasteiger partial charge < -0.3 is 5.73 Å². The molecule has 1 aliphatic heterocycles. The van der Waals surface area contributed by atoms with Crippen LogP contribution in [-0.4, -0.2) is 24.0 Å². The Kier molecular flexibility index (Phi) is 5.62. The van der Waals surface area contributed by atoms with Crippen molar-refractivity contribution >= 4 is 0 Å². The van der Waals surface area contributed by atoms with Gasteiger partial charge in [-0.1, -0.05) is 45.0 Å². The van der Waals surface area contributed by atoms with E-state index in [0.717, 1.165) is 19.0 Å². The number of nitrogens with zero attached hydrogens (tertiary/aromatic N) is 1. The van der Waals surface area contributed by atoms with Gasteiger partial charge in [0.05, 0.1) is 0 Å². The van der Waals surface area contributed by atoms with Crippen LogP contribution in [0.1, 0.15) is 57.2 Å². The molecular weight excluding hydrogens is 244 g/mol. The Balaban J connectivity index is 1.93. The highest BCUT2D eigenvalue weighted by molar-refractivity contribution is 5.25. The molecule has 1 aliphatic rings. The molecule has 0 amide bonds. The standard InChI is InChI=1S/C18H30N2/c1-4-17-6-5-11-20(17)13-18(19)16-9-7-15(8-10-16)12-14(2)3/h7-10,14,17-18H,4-6,11-13,19H2,1-3H3. The van der Waals surface area contributed by atoms with Gasteiger partial charge in [0.15, 0.2) is 0 Å². The van der Waals surface area contributed by atoms with Crippen molar-refractivity contribution < 1.29 is 0 Å². The van der Waals surface area contributed by atoms with E-state index in [1.807, 2.05) is 0 Å². The number of likely N-dealkylation sites (tertiary alicyclic amines) is 1. The second-order valence-electron chi connectivity index (χ2n) is 6.65. The van der Waals surface area contributed by atoms with E-state index in [0.29, 0.717) is 5.92 Å². The molecule has 20 heavy (non-hydrogen) atoms. The predicted molar refractivity (Wildman–Crippen MR) is 86.8 cm³/mol. The van der Waals surface area contributed by atoms with E-state index in [-0.39, 0.29) is 6.04 Å². The minimum absolute atomic E-state index is 0.148. The van der Waals surface area contributed by atoms with Crippen molar-refractivity contribution in [2.75, 3.05) is 13.1 Å². The van der Waals surface area contributed by atoms with E-state index >= 15 is 0 Å². The zero-order chi connectivity index (χ0) is 14.5. The Hall–Kier alpha value is -0.860. The largest absolute Gasteiger partial charge is 0.323 e. The molecule has 1 heterocycles. The van der Waals surface area contributed by atoms with Crippen LogP contribution in [0.3, 0.4) is 0 Å². The molecule has 0 bridgehead atoms. The summed E-state index contributed by atoms with van der Waals surface area (Å²) in [5, 5.41) is 0. The van der Waals surface area contributed by atoms with Crippen molar-refractivity contribution in [2.45, 2.75) is 58.5 Å². The SMILES string of the molecule is CCC1CCCN1CC(N)c1ccc(CC(C)C)cc1. The Morgan fingerprint density at radius 1 is 1.25 bits per heavy atom. The Morgan fingerprint density at radius 3 is 2.55 bits per heavy atom. The van der Waals surface area contributed by atoms with Crippen molar-refractivity contribution in [1.29, 1.82) is 0 Å². The van der Waals surface area contributed by atoms with Gasteiger partial charge >= 0.3 is 0 Å². The van der Waals surface area contributed by atoms with E-state index in [4.69, 9.17) is 5.73 Å². The van der Waals surface area contributed by atoms with Gasteiger partial charge in [0, 0.05) is 18.6 Å². The molecule has 112 valence electrons. The molecule has 2 atom stereocenters. The minimum atomic E-state index is 0.148. The molecule has 1 saturated heterocycles. The van der Waals surface area contributed by atoms with Crippen LogP contribution in [0.25, 0.3) is 0 Å². The van der Waals surface area contributed by atoms with Crippen LogP contribution in [0.5, 0.6) is 0 Å². The molecule has 0 aliphatic carbocycles. The third kappa shape index (κ3) is 4.07. The molecule has 2 nitrogen and oxygen atoms in total. The lowest BCUT2D eigenvalue weighted by molar-refractivity contribution is 0.234. The van der Waals surface area contributed by atoms with Crippen molar-refractivity contribution in [3.8, 4) is 0 Å². The summed E-state index contributed by atoms with van der Waals surface area (Å²) in [7, 11) is 0. The second kappa shape index (κ2) is 7.24. The molecule has 0 radical (unpaired) electrons. The van der Waals surface area contributed by atoms with Crippen molar-refractivity contribution in [1.82, 2.24) is 4.90 Å². The molecule has 0 aromatic heterocycles. The van der Waals surface area contributed by atoms with Gasteiger partial charge in [0.2, 0.25) is 0 Å². The molecular formula is C18H30N2. The number of hydrogen-bond acceptors (Lipinski definition) is 2. The van der Waals surface area contributed by atoms with Gasteiger partial charge in [0.1, 0.15) is 0 Å². The second-order valence-corrected chi connectivity index (χ2v) is 6.65. The smallest absolute Gasteiger partial charge is 0.0424 e. The van der Waals surface area contributed by atoms with E-state index in [1.54, 1.807) is 0 Å². The predicted octanol–water partition coefficient (Wildman–Crippen LogP) is 3.76. The van der Waals surface area contributed by atoms with Crippen molar-refractivity contribution in [3.63, 3.8) is 0 Å². The summed E-state index contributed by atoms with van der Waals surface area (Å²) in [6.07, 6.45) is 5.08. The highest BCUT2D eigenvalue weighted by atomic mass is 15.2. The van der Waals surface area contributed by atoms with Crippen molar-refractivity contribution in [2.24, 2.45) is 11.7 Å². The fraction of sp³-hybridized carbons (Fsp3) is 0.667. The molecule has 2 rings (SSSR count). The highest BCUT2D eigenvalue weighted by Gasteiger charge is 2.24. The summed E-state index contributed by atoms with van der Waals surface area (Å²) >= 11 is 0. The van der Waals surface area contributed by atoms with Crippen LogP contribution < -0.4 is 5.73 Å². The first-order chi connectivity index (χ1) is 9.60. The van der Waals surface area contributed by atoms with Crippen LogP contribution >= 0.6 is 0 Å². The van der Waals surface area contributed by atoms with E-state index in [1.165, 1.54) is 36.9 Å². The van der Waals surface area contributed by atoms with Crippen LogP contribution in [0.15, 0.2) is 24.3 Å². The first-order valence-corrected chi connectivity index (χ1v) is 8.18. The van der Waals surface area contributed by atoms with Gasteiger partial charge in [-0.3, -0.25) is 4.90 Å². The normalized spacial score (nSPS) is 21.6. The van der Waals surface area contributed by atoms with Crippen molar-refractivity contribution in [3.05, 3.63) is 35.4 Å². The Morgan fingerprint density at radius 2 is 1.95 bits per heavy atom. The van der Waals surface area contributed by atoms with Crippen LogP contribution in [0, 0.1) is 5.92 Å². The lowest BCUT2D eigenvalue weighted by Crippen LogP contribution is -2.35. The van der Waals surface area contributed by atoms with E-state index in [2.05, 4.69) is 49.9 Å². The topological polar surface area (TPSA) is 29.3 Å². The number of hydrogen-bond donors (Lipinski definition) is 1. The van der Waals surface area contributed by atoms with Gasteiger partial charge in [-0.15, -0.1) is 0 Å². The molecule has 1 aromatic carbocycles. The van der Waals surface area contributed by atoms with Gasteiger partial charge in [-0.2, -0.15) is 0 Å². The Labute approximate surface area is 124 Å². The summed E-state index contributed by atoms with van der Waals surface area (Å²) in [6, 6.07) is 9.84. The Bertz CT molecular complexity index is 396. The molecule has 0 saturated carbocycles. The minimum Gasteiger partial charge on any atom is -0.323 e. The van der Waals surface area contributed by atoms with E-state index < -0.39 is 0 Å². The molecule has 1 aromatic rings. The zero-order valence-corrected chi connectivity index (χ0v) is 13.3. The maximum atomic E-state index is 6.40.